The molecule has 76 valence electrons. The Balaban J connectivity index is 3.85. The Morgan fingerprint density at radius 1 is 1.38 bits per heavy atom. The third-order valence-electron chi connectivity index (χ3n) is 1.99. The molecule has 0 aliphatic rings. The van der Waals surface area contributed by atoms with E-state index >= 15 is 0 Å². The largest absolute Gasteiger partial charge is 0.375 e. The molecule has 0 radical (unpaired) electrons. The molecule has 0 fully saturated rings. The SMILES string of the molecule is C/C=C\C(=C/C)N(C)CCCNC. The van der Waals surface area contributed by atoms with Crippen LogP contribution in [-0.4, -0.2) is 32.1 Å². The molecule has 0 aromatic heterocycles. The Morgan fingerprint density at radius 2 is 2.08 bits per heavy atom. The third kappa shape index (κ3) is 5.47. The van der Waals surface area contributed by atoms with Gasteiger partial charge in [0, 0.05) is 19.3 Å². The maximum Gasteiger partial charge on any atom is 0.0316 e. The lowest BCUT2D eigenvalue weighted by molar-refractivity contribution is 0.416. The smallest absolute Gasteiger partial charge is 0.0316 e. The summed E-state index contributed by atoms with van der Waals surface area (Å²) in [6, 6.07) is 0. The van der Waals surface area contributed by atoms with Gasteiger partial charge in [0.1, 0.15) is 0 Å². The first-order valence-corrected chi connectivity index (χ1v) is 4.91. The minimum absolute atomic E-state index is 1.08. The van der Waals surface area contributed by atoms with Crippen molar-refractivity contribution in [2.45, 2.75) is 20.3 Å². The molecule has 0 saturated heterocycles. The standard InChI is InChI=1S/C11H22N2/c1-5-8-11(6-2)13(4)10-7-9-12-3/h5-6,8,12H,7,9-10H2,1-4H3/b8-5-,11-6+. The van der Waals surface area contributed by atoms with E-state index < -0.39 is 0 Å². The van der Waals surface area contributed by atoms with Crippen LogP contribution in [0.2, 0.25) is 0 Å². The molecule has 0 aliphatic carbocycles. The van der Waals surface area contributed by atoms with Crippen molar-refractivity contribution >= 4 is 0 Å². The van der Waals surface area contributed by atoms with E-state index in [4.69, 9.17) is 0 Å². The number of hydrogen-bond donors (Lipinski definition) is 1. The Bertz CT molecular complexity index is 171. The van der Waals surface area contributed by atoms with Crippen LogP contribution in [0.3, 0.4) is 0 Å². The molecule has 0 heterocycles. The summed E-state index contributed by atoms with van der Waals surface area (Å²) in [5.41, 5.74) is 1.29. The number of nitrogens with zero attached hydrogens (tertiary/aromatic N) is 1. The van der Waals surface area contributed by atoms with E-state index in [-0.39, 0.29) is 0 Å². The van der Waals surface area contributed by atoms with E-state index in [1.54, 1.807) is 0 Å². The molecule has 0 aromatic carbocycles. The fourth-order valence-corrected chi connectivity index (χ4v) is 1.24. The highest BCUT2D eigenvalue weighted by atomic mass is 15.1. The van der Waals surface area contributed by atoms with E-state index in [9.17, 15) is 0 Å². The number of rotatable bonds is 6. The van der Waals surface area contributed by atoms with Crippen molar-refractivity contribution in [1.82, 2.24) is 10.2 Å². The fourth-order valence-electron chi connectivity index (χ4n) is 1.24. The summed E-state index contributed by atoms with van der Waals surface area (Å²) in [5.74, 6) is 0. The van der Waals surface area contributed by atoms with Gasteiger partial charge in [-0.2, -0.15) is 0 Å². The minimum Gasteiger partial charge on any atom is -0.375 e. The highest BCUT2D eigenvalue weighted by molar-refractivity contribution is 5.15. The van der Waals surface area contributed by atoms with Crippen LogP contribution >= 0.6 is 0 Å². The van der Waals surface area contributed by atoms with E-state index in [0.29, 0.717) is 0 Å². The molecule has 0 bridgehead atoms. The summed E-state index contributed by atoms with van der Waals surface area (Å²) in [5, 5.41) is 3.15. The van der Waals surface area contributed by atoms with Gasteiger partial charge in [-0.1, -0.05) is 12.2 Å². The topological polar surface area (TPSA) is 15.3 Å². The molecule has 0 spiro atoms. The Kier molecular flexibility index (Phi) is 7.41. The second kappa shape index (κ2) is 7.87. The number of likely N-dealkylation sites (N-methyl/N-ethyl adjacent to an activating group) is 1. The summed E-state index contributed by atoms with van der Waals surface area (Å²) in [6.07, 6.45) is 7.53. The van der Waals surface area contributed by atoms with Crippen molar-refractivity contribution in [2.24, 2.45) is 0 Å². The van der Waals surface area contributed by atoms with Gasteiger partial charge in [0.05, 0.1) is 0 Å². The summed E-state index contributed by atoms with van der Waals surface area (Å²) in [4.78, 5) is 2.28. The van der Waals surface area contributed by atoms with Crippen molar-refractivity contribution in [1.29, 1.82) is 0 Å². The summed E-state index contributed by atoms with van der Waals surface area (Å²) in [7, 11) is 4.12. The molecule has 0 amide bonds. The minimum atomic E-state index is 1.08. The summed E-state index contributed by atoms with van der Waals surface area (Å²) >= 11 is 0. The average molecular weight is 182 g/mol. The fraction of sp³-hybridized carbons (Fsp3) is 0.636. The lowest BCUT2D eigenvalue weighted by Gasteiger charge is -2.19. The highest BCUT2D eigenvalue weighted by Gasteiger charge is 1.98. The lowest BCUT2D eigenvalue weighted by atomic mass is 10.3. The van der Waals surface area contributed by atoms with Crippen molar-refractivity contribution in [3.05, 3.63) is 23.9 Å². The lowest BCUT2D eigenvalue weighted by Crippen LogP contribution is -2.21. The molecule has 0 rings (SSSR count). The molecule has 0 saturated carbocycles. The zero-order valence-electron chi connectivity index (χ0n) is 9.30. The van der Waals surface area contributed by atoms with Crippen LogP contribution in [0, 0.1) is 0 Å². The molecule has 0 aromatic rings. The maximum atomic E-state index is 3.15. The van der Waals surface area contributed by atoms with Gasteiger partial charge in [-0.3, -0.25) is 0 Å². The van der Waals surface area contributed by atoms with Crippen LogP contribution in [-0.2, 0) is 0 Å². The molecule has 2 nitrogen and oxygen atoms in total. The van der Waals surface area contributed by atoms with Crippen molar-refractivity contribution in [3.8, 4) is 0 Å². The predicted molar refractivity (Wildman–Crippen MR) is 59.7 cm³/mol. The van der Waals surface area contributed by atoms with Gasteiger partial charge in [-0.15, -0.1) is 0 Å². The van der Waals surface area contributed by atoms with Gasteiger partial charge in [-0.25, -0.2) is 0 Å². The van der Waals surface area contributed by atoms with E-state index in [2.05, 4.69) is 42.4 Å². The molecule has 0 aliphatic heterocycles. The molecular formula is C11H22N2. The molecule has 0 atom stereocenters. The normalized spacial score (nSPS) is 12.5. The summed E-state index contributed by atoms with van der Waals surface area (Å²) in [6.45, 7) is 6.30. The second-order valence-corrected chi connectivity index (χ2v) is 3.09. The summed E-state index contributed by atoms with van der Waals surface area (Å²) < 4.78 is 0. The molecule has 1 N–H and O–H groups in total. The zero-order valence-corrected chi connectivity index (χ0v) is 9.30. The van der Waals surface area contributed by atoms with Gasteiger partial charge >= 0.3 is 0 Å². The van der Waals surface area contributed by atoms with E-state index in [1.807, 2.05) is 14.0 Å². The van der Waals surface area contributed by atoms with Crippen LogP contribution in [0.4, 0.5) is 0 Å². The number of nitrogens with one attached hydrogen (secondary N) is 1. The van der Waals surface area contributed by atoms with Gasteiger partial charge in [0.15, 0.2) is 0 Å². The first kappa shape index (κ1) is 12.2. The van der Waals surface area contributed by atoms with Crippen molar-refractivity contribution in [2.75, 3.05) is 27.2 Å². The molecule has 2 heteroatoms. The zero-order chi connectivity index (χ0) is 10.1. The van der Waals surface area contributed by atoms with Crippen molar-refractivity contribution in [3.63, 3.8) is 0 Å². The molecule has 13 heavy (non-hydrogen) atoms. The van der Waals surface area contributed by atoms with Gasteiger partial charge in [-0.05, 0) is 39.9 Å². The number of hydrogen-bond acceptors (Lipinski definition) is 2. The number of allylic oxidation sites excluding steroid dienone is 3. The Morgan fingerprint density at radius 3 is 2.54 bits per heavy atom. The van der Waals surface area contributed by atoms with E-state index in [1.165, 1.54) is 12.1 Å². The predicted octanol–water partition coefficient (Wildman–Crippen LogP) is 2.01. The maximum absolute atomic E-state index is 3.15. The van der Waals surface area contributed by atoms with Crippen LogP contribution in [0.1, 0.15) is 20.3 Å². The average Bonchev–Trinajstić information content (AvgIpc) is 2.14. The third-order valence-corrected chi connectivity index (χ3v) is 1.99. The van der Waals surface area contributed by atoms with Crippen LogP contribution in [0.15, 0.2) is 23.9 Å². The Hall–Kier alpha value is -0.760. The first-order valence-electron chi connectivity index (χ1n) is 4.91. The monoisotopic (exact) mass is 182 g/mol. The van der Waals surface area contributed by atoms with E-state index in [0.717, 1.165) is 13.1 Å². The van der Waals surface area contributed by atoms with Gasteiger partial charge < -0.3 is 10.2 Å². The Labute approximate surface area is 82.3 Å². The quantitative estimate of drug-likeness (QED) is 0.499. The highest BCUT2D eigenvalue weighted by Crippen LogP contribution is 2.03. The van der Waals surface area contributed by atoms with Crippen LogP contribution in [0.5, 0.6) is 0 Å². The van der Waals surface area contributed by atoms with Crippen molar-refractivity contribution < 1.29 is 0 Å². The van der Waals surface area contributed by atoms with Gasteiger partial charge in [0.25, 0.3) is 0 Å². The first-order chi connectivity index (χ1) is 6.26. The molecule has 0 unspecified atom stereocenters. The van der Waals surface area contributed by atoms with Crippen LogP contribution < -0.4 is 5.32 Å². The second-order valence-electron chi connectivity index (χ2n) is 3.09. The van der Waals surface area contributed by atoms with Gasteiger partial charge in [0.2, 0.25) is 0 Å². The molecular weight excluding hydrogens is 160 g/mol. The van der Waals surface area contributed by atoms with Crippen LogP contribution in [0.25, 0.3) is 0 Å².